The molecule has 1 aliphatic rings. The van der Waals surface area contributed by atoms with Crippen LogP contribution in [0.5, 0.6) is 0 Å². The van der Waals surface area contributed by atoms with Crippen LogP contribution in [-0.4, -0.2) is 23.9 Å². The number of hydrogen-bond acceptors (Lipinski definition) is 2. The minimum absolute atomic E-state index is 0.166. The summed E-state index contributed by atoms with van der Waals surface area (Å²) in [6.45, 7) is 1.35. The van der Waals surface area contributed by atoms with Crippen molar-refractivity contribution in [2.24, 2.45) is 5.92 Å². The topological polar surface area (TPSA) is 44.1 Å². The van der Waals surface area contributed by atoms with Crippen LogP contribution in [-0.2, 0) is 4.79 Å². The summed E-state index contributed by atoms with van der Waals surface area (Å²) >= 11 is 0. The summed E-state index contributed by atoms with van der Waals surface area (Å²) in [5, 5.41) is 9.56. The van der Waals surface area contributed by atoms with Gasteiger partial charge in [-0.3, -0.25) is 4.79 Å². The Morgan fingerprint density at radius 1 is 0.839 bits per heavy atom. The predicted molar refractivity (Wildman–Crippen MR) is 124 cm³/mol. The molecule has 3 nitrogen and oxygen atoms in total. The first-order valence-corrected chi connectivity index (χ1v) is 10.8. The maximum absolute atomic E-state index is 13.0. The molecular weight excluding hydrogens is 380 g/mol. The van der Waals surface area contributed by atoms with Crippen molar-refractivity contribution in [3.8, 4) is 6.07 Å². The van der Waals surface area contributed by atoms with Gasteiger partial charge in [0.1, 0.15) is 11.6 Å². The molecule has 154 valence electrons. The summed E-state index contributed by atoms with van der Waals surface area (Å²) in [4.78, 5) is 14.8. The number of carbonyl (C=O) groups excluding carboxylic acids is 1. The van der Waals surface area contributed by atoms with E-state index in [0.717, 1.165) is 18.4 Å². The van der Waals surface area contributed by atoms with Crippen LogP contribution in [0.4, 0.5) is 0 Å². The maximum atomic E-state index is 13.0. The van der Waals surface area contributed by atoms with Gasteiger partial charge in [-0.2, -0.15) is 5.26 Å². The molecule has 31 heavy (non-hydrogen) atoms. The molecule has 1 heterocycles. The number of rotatable bonds is 5. The lowest BCUT2D eigenvalue weighted by Crippen LogP contribution is -2.40. The van der Waals surface area contributed by atoms with Crippen molar-refractivity contribution in [1.29, 1.82) is 5.26 Å². The zero-order chi connectivity index (χ0) is 21.5. The molecule has 1 fully saturated rings. The van der Waals surface area contributed by atoms with E-state index >= 15 is 0 Å². The van der Waals surface area contributed by atoms with Crippen molar-refractivity contribution in [2.75, 3.05) is 13.1 Å². The fraction of sp³-hybridized carbons (Fsp3) is 0.214. The lowest BCUT2D eigenvalue weighted by molar-refractivity contribution is -0.128. The number of piperidine rings is 1. The summed E-state index contributed by atoms with van der Waals surface area (Å²) in [5.74, 6) is 0.605. The number of nitriles is 1. The van der Waals surface area contributed by atoms with E-state index in [4.69, 9.17) is 0 Å². The molecule has 0 aromatic heterocycles. The standard InChI is InChI=1S/C28H26N2O/c29-21-26(20-22-10-4-1-5-11-22)28(31)30-18-16-25(17-19-30)27(23-12-6-2-7-13-23)24-14-8-3-9-15-24/h1-15,20,25,27H,16-19H2/b26-20+. The van der Waals surface area contributed by atoms with Gasteiger partial charge < -0.3 is 4.90 Å². The number of benzene rings is 3. The zero-order valence-corrected chi connectivity index (χ0v) is 17.5. The fourth-order valence-electron chi connectivity index (χ4n) is 4.52. The smallest absolute Gasteiger partial charge is 0.264 e. The Morgan fingerprint density at radius 2 is 1.32 bits per heavy atom. The van der Waals surface area contributed by atoms with Crippen LogP contribution in [0.25, 0.3) is 6.08 Å². The number of likely N-dealkylation sites (tertiary alicyclic amines) is 1. The van der Waals surface area contributed by atoms with Gasteiger partial charge in [0.25, 0.3) is 5.91 Å². The molecule has 0 atom stereocenters. The van der Waals surface area contributed by atoms with Crippen molar-refractivity contribution >= 4 is 12.0 Å². The Morgan fingerprint density at radius 3 is 1.81 bits per heavy atom. The van der Waals surface area contributed by atoms with Gasteiger partial charge in [0.05, 0.1) is 0 Å². The van der Waals surface area contributed by atoms with Gasteiger partial charge in [0, 0.05) is 19.0 Å². The van der Waals surface area contributed by atoms with E-state index in [1.165, 1.54) is 11.1 Å². The molecule has 4 rings (SSSR count). The van der Waals surface area contributed by atoms with Gasteiger partial charge in [0.15, 0.2) is 0 Å². The lowest BCUT2D eigenvalue weighted by Gasteiger charge is -2.36. The molecule has 0 radical (unpaired) electrons. The molecule has 0 saturated carbocycles. The molecular formula is C28H26N2O. The number of nitrogens with zero attached hydrogens (tertiary/aromatic N) is 2. The first-order valence-electron chi connectivity index (χ1n) is 10.8. The van der Waals surface area contributed by atoms with Crippen LogP contribution in [0.3, 0.4) is 0 Å². The van der Waals surface area contributed by atoms with Gasteiger partial charge in [0.2, 0.25) is 0 Å². The van der Waals surface area contributed by atoms with Gasteiger partial charge in [-0.15, -0.1) is 0 Å². The van der Waals surface area contributed by atoms with Crippen molar-refractivity contribution in [1.82, 2.24) is 4.90 Å². The highest BCUT2D eigenvalue weighted by Gasteiger charge is 2.31. The molecule has 3 aromatic carbocycles. The largest absolute Gasteiger partial charge is 0.338 e. The quantitative estimate of drug-likeness (QED) is 0.405. The first kappa shape index (κ1) is 20.6. The predicted octanol–water partition coefficient (Wildman–Crippen LogP) is 5.66. The van der Waals surface area contributed by atoms with Crippen LogP contribution in [0.15, 0.2) is 96.6 Å². The van der Waals surface area contributed by atoms with E-state index < -0.39 is 0 Å². The Balaban J connectivity index is 1.49. The average molecular weight is 407 g/mol. The SMILES string of the molecule is N#C/C(=C\c1ccccc1)C(=O)N1CCC(C(c2ccccc2)c2ccccc2)CC1. The number of hydrogen-bond donors (Lipinski definition) is 0. The van der Waals surface area contributed by atoms with Crippen molar-refractivity contribution < 1.29 is 4.79 Å². The molecule has 0 aliphatic carbocycles. The van der Waals surface area contributed by atoms with Crippen LogP contribution in [0, 0.1) is 17.2 Å². The van der Waals surface area contributed by atoms with E-state index in [2.05, 4.69) is 66.7 Å². The molecule has 0 bridgehead atoms. The molecule has 3 heteroatoms. The fourth-order valence-corrected chi connectivity index (χ4v) is 4.52. The third kappa shape index (κ3) is 4.92. The Hall–Kier alpha value is -3.64. The van der Waals surface area contributed by atoms with Gasteiger partial charge in [-0.25, -0.2) is 0 Å². The third-order valence-corrected chi connectivity index (χ3v) is 6.08. The summed E-state index contributed by atoms with van der Waals surface area (Å²) in [6.07, 6.45) is 3.53. The minimum Gasteiger partial charge on any atom is -0.338 e. The molecule has 0 spiro atoms. The summed E-state index contributed by atoms with van der Waals surface area (Å²) in [6, 6.07) is 32.9. The summed E-state index contributed by atoms with van der Waals surface area (Å²) < 4.78 is 0. The number of amides is 1. The highest BCUT2D eigenvalue weighted by atomic mass is 16.2. The van der Waals surface area contributed by atoms with Crippen LogP contribution >= 0.6 is 0 Å². The zero-order valence-electron chi connectivity index (χ0n) is 17.5. The second-order valence-electron chi connectivity index (χ2n) is 8.01. The van der Waals surface area contributed by atoms with E-state index in [-0.39, 0.29) is 11.5 Å². The lowest BCUT2D eigenvalue weighted by atomic mass is 9.76. The maximum Gasteiger partial charge on any atom is 0.264 e. The molecule has 1 saturated heterocycles. The monoisotopic (exact) mass is 406 g/mol. The van der Waals surface area contributed by atoms with Crippen molar-refractivity contribution in [2.45, 2.75) is 18.8 Å². The average Bonchev–Trinajstić information content (AvgIpc) is 2.85. The number of carbonyl (C=O) groups is 1. The first-order chi connectivity index (χ1) is 15.3. The summed E-state index contributed by atoms with van der Waals surface area (Å²) in [7, 11) is 0. The Bertz CT molecular complexity index is 1020. The molecule has 1 amide bonds. The van der Waals surface area contributed by atoms with Crippen LogP contribution < -0.4 is 0 Å². The second kappa shape index (κ2) is 9.91. The molecule has 1 aliphatic heterocycles. The minimum atomic E-state index is -0.166. The third-order valence-electron chi connectivity index (χ3n) is 6.08. The van der Waals surface area contributed by atoms with E-state index in [0.29, 0.717) is 24.9 Å². The van der Waals surface area contributed by atoms with Crippen LogP contribution in [0.2, 0.25) is 0 Å². The Kier molecular flexibility index (Phi) is 6.59. The van der Waals surface area contributed by atoms with Crippen molar-refractivity contribution in [3.63, 3.8) is 0 Å². The normalized spacial score (nSPS) is 15.0. The van der Waals surface area contributed by atoms with Gasteiger partial charge in [-0.05, 0) is 41.5 Å². The highest BCUT2D eigenvalue weighted by molar-refractivity contribution is 6.01. The van der Waals surface area contributed by atoms with Gasteiger partial charge >= 0.3 is 0 Å². The van der Waals surface area contributed by atoms with E-state index in [1.54, 1.807) is 6.08 Å². The highest BCUT2D eigenvalue weighted by Crippen LogP contribution is 2.38. The van der Waals surface area contributed by atoms with Crippen molar-refractivity contribution in [3.05, 3.63) is 113 Å². The molecule has 0 N–H and O–H groups in total. The summed E-state index contributed by atoms with van der Waals surface area (Å²) in [5.41, 5.74) is 3.71. The van der Waals surface area contributed by atoms with Gasteiger partial charge in [-0.1, -0.05) is 91.0 Å². The molecule has 0 unspecified atom stereocenters. The van der Waals surface area contributed by atoms with E-state index in [1.807, 2.05) is 35.2 Å². The van der Waals surface area contributed by atoms with Crippen LogP contribution in [0.1, 0.15) is 35.4 Å². The van der Waals surface area contributed by atoms with E-state index in [9.17, 15) is 10.1 Å². The second-order valence-corrected chi connectivity index (χ2v) is 8.01. The molecule has 3 aromatic rings. The Labute approximate surface area is 184 Å².